The van der Waals surface area contributed by atoms with Gasteiger partial charge in [0.15, 0.2) is 0 Å². The van der Waals surface area contributed by atoms with Gasteiger partial charge >= 0.3 is 0 Å². The van der Waals surface area contributed by atoms with E-state index in [0.29, 0.717) is 5.56 Å². The molecule has 0 aliphatic carbocycles. The molecule has 1 heterocycles. The van der Waals surface area contributed by atoms with Gasteiger partial charge in [-0.2, -0.15) is 4.39 Å². The molecule has 12 heavy (non-hydrogen) atoms. The van der Waals surface area contributed by atoms with E-state index in [9.17, 15) is 4.39 Å². The molecule has 0 unspecified atom stereocenters. The highest BCUT2D eigenvalue weighted by atomic mass is 19.1. The molecule has 1 atom stereocenters. The highest BCUT2D eigenvalue weighted by Gasteiger charge is 2.20. The van der Waals surface area contributed by atoms with E-state index in [1.54, 1.807) is 13.0 Å². The molecule has 0 radical (unpaired) electrons. The maximum Gasteiger partial charge on any atom is 0.213 e. The maximum atomic E-state index is 12.6. The summed E-state index contributed by atoms with van der Waals surface area (Å²) < 4.78 is 12.6. The minimum Gasteiger partial charge on any atom is -0.394 e. The molecule has 3 N–H and O–H groups in total. The van der Waals surface area contributed by atoms with Crippen molar-refractivity contribution in [3.05, 3.63) is 29.8 Å². The Bertz CT molecular complexity index is 276. The fourth-order valence-corrected chi connectivity index (χ4v) is 0.849. The number of hydrogen-bond donors (Lipinski definition) is 2. The van der Waals surface area contributed by atoms with E-state index in [2.05, 4.69) is 4.98 Å². The summed E-state index contributed by atoms with van der Waals surface area (Å²) in [6.07, 6.45) is 1.32. The molecule has 3 nitrogen and oxygen atoms in total. The molecule has 1 aromatic heterocycles. The van der Waals surface area contributed by atoms with Gasteiger partial charge in [0.05, 0.1) is 12.1 Å². The van der Waals surface area contributed by atoms with Crippen LogP contribution in [-0.4, -0.2) is 16.7 Å². The molecule has 0 spiro atoms. The zero-order chi connectivity index (χ0) is 9.19. The number of aromatic nitrogens is 1. The fourth-order valence-electron chi connectivity index (χ4n) is 0.849. The first-order valence-corrected chi connectivity index (χ1v) is 3.58. The van der Waals surface area contributed by atoms with Crippen molar-refractivity contribution < 1.29 is 9.50 Å². The molecule has 0 saturated heterocycles. The molecule has 0 amide bonds. The third-order valence-corrected chi connectivity index (χ3v) is 1.71. The summed E-state index contributed by atoms with van der Waals surface area (Å²) in [4.78, 5) is 3.38. The van der Waals surface area contributed by atoms with Gasteiger partial charge in [0, 0.05) is 6.20 Å². The minimum atomic E-state index is -0.899. The summed E-state index contributed by atoms with van der Waals surface area (Å²) in [6.45, 7) is 1.40. The first-order chi connectivity index (χ1) is 5.56. The first-order valence-electron chi connectivity index (χ1n) is 3.58. The molecule has 0 bridgehead atoms. The SMILES string of the molecule is C[C@@](N)(CO)c1ccnc(F)c1. The highest BCUT2D eigenvalue weighted by Crippen LogP contribution is 2.16. The van der Waals surface area contributed by atoms with E-state index in [1.165, 1.54) is 12.3 Å². The van der Waals surface area contributed by atoms with E-state index in [-0.39, 0.29) is 6.61 Å². The normalized spacial score (nSPS) is 15.7. The van der Waals surface area contributed by atoms with Gasteiger partial charge in [-0.25, -0.2) is 4.98 Å². The van der Waals surface area contributed by atoms with Gasteiger partial charge in [-0.1, -0.05) is 0 Å². The third-order valence-electron chi connectivity index (χ3n) is 1.71. The van der Waals surface area contributed by atoms with Crippen LogP contribution in [0.5, 0.6) is 0 Å². The number of aliphatic hydroxyl groups is 1. The van der Waals surface area contributed by atoms with E-state index in [0.717, 1.165) is 0 Å². The zero-order valence-corrected chi connectivity index (χ0v) is 6.79. The quantitative estimate of drug-likeness (QED) is 0.631. The lowest BCUT2D eigenvalue weighted by Gasteiger charge is -2.21. The van der Waals surface area contributed by atoms with Crippen molar-refractivity contribution >= 4 is 0 Å². The maximum absolute atomic E-state index is 12.6. The van der Waals surface area contributed by atoms with E-state index in [1.807, 2.05) is 0 Å². The molecule has 0 aromatic carbocycles. The molecule has 4 heteroatoms. The molecule has 1 aromatic rings. The van der Waals surface area contributed by atoms with Crippen LogP contribution < -0.4 is 5.73 Å². The number of pyridine rings is 1. The van der Waals surface area contributed by atoms with Gasteiger partial charge in [0.1, 0.15) is 0 Å². The number of nitrogens with zero attached hydrogens (tertiary/aromatic N) is 1. The Morgan fingerprint density at radius 1 is 1.75 bits per heavy atom. The average molecular weight is 170 g/mol. The smallest absolute Gasteiger partial charge is 0.213 e. The van der Waals surface area contributed by atoms with Crippen LogP contribution in [0, 0.1) is 5.95 Å². The van der Waals surface area contributed by atoms with Gasteiger partial charge in [-0.05, 0) is 24.6 Å². The van der Waals surface area contributed by atoms with Crippen LogP contribution in [0.15, 0.2) is 18.3 Å². The number of halogens is 1. The third kappa shape index (κ3) is 1.78. The standard InChI is InChI=1S/C8H11FN2O/c1-8(10,5-12)6-2-3-11-7(9)4-6/h2-4,12H,5,10H2,1H3/t8-/m1/s1. The Morgan fingerprint density at radius 2 is 2.42 bits per heavy atom. The molecular weight excluding hydrogens is 159 g/mol. The fraction of sp³-hybridized carbons (Fsp3) is 0.375. The van der Waals surface area contributed by atoms with Crippen molar-refractivity contribution in [3.8, 4) is 0 Å². The predicted molar refractivity (Wildman–Crippen MR) is 42.8 cm³/mol. The molecule has 0 aliphatic heterocycles. The summed E-state index contributed by atoms with van der Waals surface area (Å²) in [7, 11) is 0. The number of rotatable bonds is 2. The van der Waals surface area contributed by atoms with Gasteiger partial charge in [0.25, 0.3) is 0 Å². The van der Waals surface area contributed by atoms with Gasteiger partial charge in [-0.15, -0.1) is 0 Å². The second-order valence-electron chi connectivity index (χ2n) is 2.94. The van der Waals surface area contributed by atoms with Crippen LogP contribution in [-0.2, 0) is 5.54 Å². The van der Waals surface area contributed by atoms with Gasteiger partial charge < -0.3 is 10.8 Å². The van der Waals surface area contributed by atoms with E-state index >= 15 is 0 Å². The van der Waals surface area contributed by atoms with Crippen molar-refractivity contribution in [2.24, 2.45) is 5.73 Å². The Balaban J connectivity index is 3.03. The predicted octanol–water partition coefficient (Wildman–Crippen LogP) is 0.387. The molecule has 0 aliphatic rings. The first kappa shape index (κ1) is 9.09. The lowest BCUT2D eigenvalue weighted by Crippen LogP contribution is -2.37. The Hall–Kier alpha value is -1.00. The lowest BCUT2D eigenvalue weighted by molar-refractivity contribution is 0.209. The van der Waals surface area contributed by atoms with Crippen molar-refractivity contribution in [1.29, 1.82) is 0 Å². The summed E-state index contributed by atoms with van der Waals surface area (Å²) in [6, 6.07) is 2.80. The number of aliphatic hydroxyl groups excluding tert-OH is 1. The van der Waals surface area contributed by atoms with Crippen molar-refractivity contribution in [1.82, 2.24) is 4.98 Å². The van der Waals surface area contributed by atoms with Crippen molar-refractivity contribution in [2.75, 3.05) is 6.61 Å². The Morgan fingerprint density at radius 3 is 2.92 bits per heavy atom. The second-order valence-corrected chi connectivity index (χ2v) is 2.94. The van der Waals surface area contributed by atoms with Crippen molar-refractivity contribution in [2.45, 2.75) is 12.5 Å². The molecular formula is C8H11FN2O. The highest BCUT2D eigenvalue weighted by molar-refractivity contribution is 5.20. The topological polar surface area (TPSA) is 59.1 Å². The minimum absolute atomic E-state index is 0.226. The van der Waals surface area contributed by atoms with E-state index < -0.39 is 11.5 Å². The van der Waals surface area contributed by atoms with Crippen LogP contribution in [0.2, 0.25) is 0 Å². The number of hydrogen-bond acceptors (Lipinski definition) is 3. The largest absolute Gasteiger partial charge is 0.394 e. The average Bonchev–Trinajstić information content (AvgIpc) is 2.05. The lowest BCUT2D eigenvalue weighted by atomic mass is 9.95. The monoisotopic (exact) mass is 170 g/mol. The second kappa shape index (κ2) is 3.16. The zero-order valence-electron chi connectivity index (χ0n) is 6.79. The van der Waals surface area contributed by atoms with Crippen molar-refractivity contribution in [3.63, 3.8) is 0 Å². The Kier molecular flexibility index (Phi) is 2.40. The van der Waals surface area contributed by atoms with Crippen LogP contribution in [0.3, 0.4) is 0 Å². The van der Waals surface area contributed by atoms with Gasteiger partial charge in [0.2, 0.25) is 5.95 Å². The van der Waals surface area contributed by atoms with Crippen LogP contribution in [0.25, 0.3) is 0 Å². The van der Waals surface area contributed by atoms with Crippen LogP contribution in [0.4, 0.5) is 4.39 Å². The molecule has 1 rings (SSSR count). The summed E-state index contributed by atoms with van der Waals surface area (Å²) in [5, 5.41) is 8.87. The van der Waals surface area contributed by atoms with Crippen LogP contribution in [0.1, 0.15) is 12.5 Å². The number of nitrogens with two attached hydrogens (primary N) is 1. The van der Waals surface area contributed by atoms with Gasteiger partial charge in [-0.3, -0.25) is 0 Å². The summed E-state index contributed by atoms with van der Waals surface area (Å²) in [5.41, 5.74) is 5.30. The van der Waals surface area contributed by atoms with Crippen LogP contribution >= 0.6 is 0 Å². The summed E-state index contributed by atoms with van der Waals surface area (Å²) >= 11 is 0. The Labute approximate surface area is 70.0 Å². The molecule has 0 saturated carbocycles. The van der Waals surface area contributed by atoms with E-state index in [4.69, 9.17) is 10.8 Å². The molecule has 0 fully saturated rings. The molecule has 66 valence electrons. The summed E-state index contributed by atoms with van der Waals surface area (Å²) in [5.74, 6) is -0.586.